The Balaban J connectivity index is 1.44. The maximum absolute atomic E-state index is 12.9. The number of aromatic amines is 1. The average Bonchev–Trinajstić information content (AvgIpc) is 3.44. The molecule has 0 saturated carbocycles. The molecule has 1 unspecified atom stereocenters. The van der Waals surface area contributed by atoms with E-state index in [1.807, 2.05) is 17.0 Å². The van der Waals surface area contributed by atoms with Gasteiger partial charge in [-0.15, -0.1) is 11.3 Å². The lowest BCUT2D eigenvalue weighted by Crippen LogP contribution is -2.29. The van der Waals surface area contributed by atoms with Crippen LogP contribution in [0.15, 0.2) is 42.6 Å². The van der Waals surface area contributed by atoms with E-state index >= 15 is 0 Å². The van der Waals surface area contributed by atoms with Gasteiger partial charge in [0.15, 0.2) is 0 Å². The van der Waals surface area contributed by atoms with Gasteiger partial charge in [0.25, 0.3) is 5.91 Å². The quantitative estimate of drug-likeness (QED) is 0.516. The zero-order valence-electron chi connectivity index (χ0n) is 16.4. The maximum Gasteiger partial charge on any atom is 0.264 e. The molecule has 6 nitrogen and oxygen atoms in total. The largest absolute Gasteiger partial charge is 0.380 e. The average molecular weight is 407 g/mol. The number of H-pyrrole nitrogens is 1. The Labute approximate surface area is 172 Å². The van der Waals surface area contributed by atoms with Gasteiger partial charge in [-0.25, -0.2) is 0 Å². The number of likely N-dealkylation sites (tertiary alicyclic amines) is 1. The lowest BCUT2D eigenvalue weighted by atomic mass is 10.2. The third-order valence-electron chi connectivity index (χ3n) is 5.42. The van der Waals surface area contributed by atoms with E-state index in [0.29, 0.717) is 6.54 Å². The Morgan fingerprint density at radius 2 is 2.21 bits per heavy atom. The number of aromatic nitrogens is 2. The number of hydrogen-bond acceptors (Lipinski definition) is 5. The molecule has 1 aromatic carbocycles. The van der Waals surface area contributed by atoms with Crippen molar-refractivity contribution in [3.63, 3.8) is 0 Å². The second-order valence-electron chi connectivity index (χ2n) is 7.46. The Morgan fingerprint density at radius 3 is 3.03 bits per heavy atom. The number of carbonyl (C=O) groups excluding carboxylic acids is 1. The number of nitrogens with zero attached hydrogens (tertiary/aromatic N) is 2. The molecule has 1 atom stereocenters. The van der Waals surface area contributed by atoms with E-state index < -0.39 is 0 Å². The van der Waals surface area contributed by atoms with Crippen LogP contribution in [0.5, 0.6) is 0 Å². The van der Waals surface area contributed by atoms with E-state index in [9.17, 15) is 4.79 Å². The van der Waals surface area contributed by atoms with Crippen molar-refractivity contribution in [1.82, 2.24) is 14.9 Å². The van der Waals surface area contributed by atoms with Gasteiger partial charge in [0, 0.05) is 48.7 Å². The van der Waals surface area contributed by atoms with E-state index in [2.05, 4.69) is 46.5 Å². The topological polar surface area (TPSA) is 70.2 Å². The van der Waals surface area contributed by atoms with Crippen LogP contribution >= 0.6 is 11.3 Å². The highest BCUT2D eigenvalue weighted by atomic mass is 32.1. The first-order valence-electron chi connectivity index (χ1n) is 9.68. The molecule has 7 heteroatoms. The van der Waals surface area contributed by atoms with Crippen molar-refractivity contribution in [2.24, 2.45) is 0 Å². The fourth-order valence-electron chi connectivity index (χ4n) is 3.91. The van der Waals surface area contributed by atoms with Gasteiger partial charge in [-0.1, -0.05) is 0 Å². The molecule has 3 aromatic heterocycles. The number of fused-ring (bicyclic) bond motifs is 2. The molecule has 4 aromatic rings. The van der Waals surface area contributed by atoms with E-state index in [1.165, 1.54) is 16.7 Å². The van der Waals surface area contributed by atoms with E-state index in [1.54, 1.807) is 13.3 Å². The Morgan fingerprint density at radius 1 is 1.31 bits per heavy atom. The summed E-state index contributed by atoms with van der Waals surface area (Å²) in [4.78, 5) is 23.3. The summed E-state index contributed by atoms with van der Waals surface area (Å²) >= 11 is 1.49. The number of benzene rings is 1. The molecule has 4 heterocycles. The first-order chi connectivity index (χ1) is 14.1. The number of thiophene rings is 1. The van der Waals surface area contributed by atoms with Crippen LogP contribution in [0, 0.1) is 6.92 Å². The van der Waals surface area contributed by atoms with Gasteiger partial charge >= 0.3 is 0 Å². The van der Waals surface area contributed by atoms with Gasteiger partial charge in [-0.3, -0.25) is 9.78 Å². The molecule has 1 aliphatic rings. The minimum atomic E-state index is 0.0581. The number of hydrogen-bond donors (Lipinski definition) is 2. The molecule has 1 amide bonds. The molecule has 1 saturated heterocycles. The minimum Gasteiger partial charge on any atom is -0.380 e. The monoisotopic (exact) mass is 406 g/mol. The van der Waals surface area contributed by atoms with Crippen LogP contribution < -0.4 is 5.32 Å². The number of nitrogens with one attached hydrogen (secondary N) is 2. The smallest absolute Gasteiger partial charge is 0.264 e. The number of rotatable bonds is 4. The molecular formula is C22H22N4O2S. The SMILES string of the molecule is COC1CCN(C(=O)c2cc3nccc(Nc4ccc5[nH]c(C)cc5c4)c3s2)C1. The summed E-state index contributed by atoms with van der Waals surface area (Å²) in [5, 5.41) is 4.67. The zero-order valence-corrected chi connectivity index (χ0v) is 17.2. The maximum atomic E-state index is 12.9. The van der Waals surface area contributed by atoms with Gasteiger partial charge in [-0.2, -0.15) is 0 Å². The minimum absolute atomic E-state index is 0.0581. The summed E-state index contributed by atoms with van der Waals surface area (Å²) in [7, 11) is 1.70. The van der Waals surface area contributed by atoms with Gasteiger partial charge < -0.3 is 19.9 Å². The van der Waals surface area contributed by atoms with Crippen molar-refractivity contribution in [3.8, 4) is 0 Å². The van der Waals surface area contributed by atoms with E-state index in [0.717, 1.165) is 50.6 Å². The van der Waals surface area contributed by atoms with Crippen LogP contribution in [0.1, 0.15) is 21.8 Å². The summed E-state index contributed by atoms with van der Waals surface area (Å²) in [6.07, 6.45) is 2.80. The number of anilines is 2. The van der Waals surface area contributed by atoms with E-state index in [4.69, 9.17) is 4.74 Å². The summed E-state index contributed by atoms with van der Waals surface area (Å²) in [5.41, 5.74) is 5.07. The zero-order chi connectivity index (χ0) is 20.0. The van der Waals surface area contributed by atoms with Crippen molar-refractivity contribution in [2.75, 3.05) is 25.5 Å². The van der Waals surface area contributed by atoms with Crippen LogP contribution in [0.3, 0.4) is 0 Å². The predicted molar refractivity (Wildman–Crippen MR) is 117 cm³/mol. The van der Waals surface area contributed by atoms with Gasteiger partial charge in [0.05, 0.1) is 26.9 Å². The van der Waals surface area contributed by atoms with Crippen molar-refractivity contribution >= 4 is 49.7 Å². The Bertz CT molecular complexity index is 1210. The molecule has 0 bridgehead atoms. The fraction of sp³-hybridized carbons (Fsp3) is 0.273. The van der Waals surface area contributed by atoms with Gasteiger partial charge in [-0.05, 0) is 49.7 Å². The molecule has 0 radical (unpaired) electrons. The summed E-state index contributed by atoms with van der Waals surface area (Å²) < 4.78 is 6.38. The third kappa shape index (κ3) is 3.36. The highest BCUT2D eigenvalue weighted by Gasteiger charge is 2.28. The number of carbonyl (C=O) groups is 1. The van der Waals surface area contributed by atoms with Crippen LogP contribution in [0.25, 0.3) is 21.1 Å². The van der Waals surface area contributed by atoms with Crippen molar-refractivity contribution in [3.05, 3.63) is 53.2 Å². The summed E-state index contributed by atoms with van der Waals surface area (Å²) in [6, 6.07) is 12.2. The van der Waals surface area contributed by atoms with Gasteiger partial charge in [0.1, 0.15) is 0 Å². The van der Waals surface area contributed by atoms with E-state index in [-0.39, 0.29) is 12.0 Å². The lowest BCUT2D eigenvalue weighted by Gasteiger charge is -2.14. The normalized spacial score (nSPS) is 16.8. The second-order valence-corrected chi connectivity index (χ2v) is 8.51. The molecule has 1 aliphatic heterocycles. The molecule has 5 rings (SSSR count). The number of aryl methyl sites for hydroxylation is 1. The molecule has 29 heavy (non-hydrogen) atoms. The standard InChI is InChI=1S/C22H22N4O2S/c1-13-9-14-10-15(3-4-17(14)24-13)25-18-5-7-23-19-11-20(29-21(18)19)22(27)26-8-6-16(12-26)28-2/h3-5,7,9-11,16,24H,6,8,12H2,1-2H3,(H,23,25). The predicted octanol–water partition coefficient (Wildman–Crippen LogP) is 4.69. The summed E-state index contributed by atoms with van der Waals surface area (Å²) in [6.45, 7) is 3.44. The molecule has 0 aliphatic carbocycles. The first-order valence-corrected chi connectivity index (χ1v) is 10.5. The summed E-state index contributed by atoms with van der Waals surface area (Å²) in [5.74, 6) is 0.0581. The second kappa shape index (κ2) is 7.17. The number of pyridine rings is 1. The van der Waals surface area contributed by atoms with Crippen molar-refractivity contribution in [1.29, 1.82) is 0 Å². The highest BCUT2D eigenvalue weighted by Crippen LogP contribution is 2.34. The van der Waals surface area contributed by atoms with Crippen molar-refractivity contribution < 1.29 is 9.53 Å². The Kier molecular flexibility index (Phi) is 4.49. The van der Waals surface area contributed by atoms with Crippen LogP contribution in [-0.4, -0.2) is 47.1 Å². The molecule has 2 N–H and O–H groups in total. The highest BCUT2D eigenvalue weighted by molar-refractivity contribution is 7.21. The molecule has 0 spiro atoms. The first kappa shape index (κ1) is 18.1. The van der Waals surface area contributed by atoms with Gasteiger partial charge in [0.2, 0.25) is 0 Å². The van der Waals surface area contributed by atoms with Crippen LogP contribution in [-0.2, 0) is 4.74 Å². The van der Waals surface area contributed by atoms with Crippen LogP contribution in [0.2, 0.25) is 0 Å². The third-order valence-corrected chi connectivity index (χ3v) is 6.57. The molecule has 148 valence electrons. The Hall–Kier alpha value is -2.90. The molecule has 1 fully saturated rings. The molecular weight excluding hydrogens is 384 g/mol. The number of methoxy groups -OCH3 is 1. The van der Waals surface area contributed by atoms with Crippen LogP contribution in [0.4, 0.5) is 11.4 Å². The number of amides is 1. The number of ether oxygens (including phenoxy) is 1. The fourth-order valence-corrected chi connectivity index (χ4v) is 4.97. The van der Waals surface area contributed by atoms with Crippen molar-refractivity contribution in [2.45, 2.75) is 19.4 Å². The lowest BCUT2D eigenvalue weighted by molar-refractivity contribution is 0.0728.